The summed E-state index contributed by atoms with van der Waals surface area (Å²) in [6.45, 7) is 0. The van der Waals surface area contributed by atoms with Crippen molar-refractivity contribution in [2.75, 3.05) is 9.80 Å². The second kappa shape index (κ2) is 12.6. The van der Waals surface area contributed by atoms with E-state index in [4.69, 9.17) is 0 Å². The van der Waals surface area contributed by atoms with E-state index in [9.17, 15) is 0 Å². The third kappa shape index (κ3) is 5.74. The van der Waals surface area contributed by atoms with Gasteiger partial charge in [0.05, 0.1) is 0 Å². The highest BCUT2D eigenvalue weighted by molar-refractivity contribution is 5.82. The minimum atomic E-state index is 1.12. The molecule has 0 saturated carbocycles. The van der Waals surface area contributed by atoms with Crippen LogP contribution in [0.4, 0.5) is 34.1 Å². The van der Waals surface area contributed by atoms with Gasteiger partial charge in [0.15, 0.2) is 0 Å². The molecule has 7 aromatic carbocycles. The van der Waals surface area contributed by atoms with Crippen LogP contribution < -0.4 is 9.80 Å². The van der Waals surface area contributed by atoms with Gasteiger partial charge >= 0.3 is 0 Å². The van der Waals surface area contributed by atoms with Crippen LogP contribution in [0.3, 0.4) is 0 Å². The van der Waals surface area contributed by atoms with Gasteiger partial charge in [0.2, 0.25) is 0 Å². The summed E-state index contributed by atoms with van der Waals surface area (Å²) >= 11 is 0. The van der Waals surface area contributed by atoms with E-state index >= 15 is 0 Å². The Bertz CT molecular complexity index is 1860. The smallest absolute Gasteiger partial charge is 0.0467 e. The van der Waals surface area contributed by atoms with Crippen molar-refractivity contribution < 1.29 is 0 Å². The van der Waals surface area contributed by atoms with Crippen LogP contribution in [0.5, 0.6) is 0 Å². The van der Waals surface area contributed by atoms with Gasteiger partial charge in [0.25, 0.3) is 0 Å². The fraction of sp³-hybridized carbons (Fsp3) is 0. The highest BCUT2D eigenvalue weighted by atomic mass is 15.1. The molecule has 0 saturated heterocycles. The lowest BCUT2D eigenvalue weighted by Gasteiger charge is -2.26. The van der Waals surface area contributed by atoms with Gasteiger partial charge in [-0.15, -0.1) is 0 Å². The molecular formula is C42H32N2. The maximum atomic E-state index is 2.30. The molecule has 2 heteroatoms. The van der Waals surface area contributed by atoms with E-state index in [0.717, 1.165) is 34.1 Å². The number of benzene rings is 7. The molecule has 0 heterocycles. The number of nitrogens with zero attached hydrogens (tertiary/aromatic N) is 2. The Hall–Kier alpha value is -5.86. The van der Waals surface area contributed by atoms with Gasteiger partial charge in [0, 0.05) is 34.1 Å². The minimum Gasteiger partial charge on any atom is -0.311 e. The summed E-state index contributed by atoms with van der Waals surface area (Å²) in [5.74, 6) is 0. The van der Waals surface area contributed by atoms with Crippen molar-refractivity contribution >= 4 is 34.1 Å². The highest BCUT2D eigenvalue weighted by Gasteiger charge is 2.14. The van der Waals surface area contributed by atoms with Crippen LogP contribution in [0.1, 0.15) is 0 Å². The molecule has 0 unspecified atom stereocenters. The van der Waals surface area contributed by atoms with Crippen molar-refractivity contribution in [1.82, 2.24) is 0 Å². The molecule has 0 aromatic heterocycles. The molecule has 44 heavy (non-hydrogen) atoms. The van der Waals surface area contributed by atoms with Crippen LogP contribution in [0.15, 0.2) is 194 Å². The van der Waals surface area contributed by atoms with E-state index in [1.807, 2.05) is 0 Å². The van der Waals surface area contributed by atoms with E-state index in [1.54, 1.807) is 0 Å². The predicted octanol–water partition coefficient (Wildman–Crippen LogP) is 12.0. The quantitative estimate of drug-likeness (QED) is 0.181. The van der Waals surface area contributed by atoms with Gasteiger partial charge < -0.3 is 9.80 Å². The molecule has 210 valence electrons. The molecule has 7 aromatic rings. The third-order valence-corrected chi connectivity index (χ3v) is 7.82. The summed E-state index contributed by atoms with van der Waals surface area (Å²) in [5.41, 5.74) is 11.5. The van der Waals surface area contributed by atoms with Crippen molar-refractivity contribution in [1.29, 1.82) is 0 Å². The van der Waals surface area contributed by atoms with Gasteiger partial charge in [-0.1, -0.05) is 115 Å². The number of rotatable bonds is 8. The van der Waals surface area contributed by atoms with Gasteiger partial charge in [0.1, 0.15) is 0 Å². The first-order valence-corrected chi connectivity index (χ1v) is 14.9. The molecule has 0 radical (unpaired) electrons. The van der Waals surface area contributed by atoms with Crippen LogP contribution >= 0.6 is 0 Å². The standard InChI is InChI=1S/C42H32N2/c1-5-18-37(19-6-1)43(38-20-7-2-8-21-38)41-29-27-33(28-30-41)34-15-13-16-35(31-34)36-17-14-26-42(32-36)44(39-22-9-3-10-23-39)40-24-11-4-12-25-40/h1-32H. The van der Waals surface area contributed by atoms with E-state index in [1.165, 1.54) is 22.3 Å². The second-order valence-corrected chi connectivity index (χ2v) is 10.7. The fourth-order valence-corrected chi connectivity index (χ4v) is 5.71. The molecule has 0 amide bonds. The molecule has 0 aliphatic carbocycles. The Morgan fingerprint density at radius 2 is 0.523 bits per heavy atom. The van der Waals surface area contributed by atoms with Crippen LogP contribution in [-0.2, 0) is 0 Å². The summed E-state index contributed by atoms with van der Waals surface area (Å²) in [6, 6.07) is 68.6. The molecule has 0 aliphatic rings. The number of para-hydroxylation sites is 4. The van der Waals surface area contributed by atoms with E-state index in [0.29, 0.717) is 0 Å². The highest BCUT2D eigenvalue weighted by Crippen LogP contribution is 2.38. The van der Waals surface area contributed by atoms with Crippen molar-refractivity contribution in [3.63, 3.8) is 0 Å². The molecule has 0 atom stereocenters. The van der Waals surface area contributed by atoms with Gasteiger partial charge in [-0.25, -0.2) is 0 Å². The third-order valence-electron chi connectivity index (χ3n) is 7.82. The maximum absolute atomic E-state index is 2.30. The molecule has 0 fully saturated rings. The van der Waals surface area contributed by atoms with Crippen molar-refractivity contribution in [3.05, 3.63) is 194 Å². The van der Waals surface area contributed by atoms with E-state index in [-0.39, 0.29) is 0 Å². The average molecular weight is 565 g/mol. The monoisotopic (exact) mass is 564 g/mol. The lowest BCUT2D eigenvalue weighted by atomic mass is 9.98. The Morgan fingerprint density at radius 1 is 0.205 bits per heavy atom. The molecule has 0 aliphatic heterocycles. The molecule has 2 nitrogen and oxygen atoms in total. The molecule has 0 N–H and O–H groups in total. The SMILES string of the molecule is c1ccc(N(c2ccccc2)c2ccc(-c3cccc(-c4cccc(N(c5ccccc5)c5ccccc5)c4)c3)cc2)cc1. The summed E-state index contributed by atoms with van der Waals surface area (Å²) in [7, 11) is 0. The first-order chi connectivity index (χ1) is 21.8. The fourth-order valence-electron chi connectivity index (χ4n) is 5.71. The number of hydrogen-bond donors (Lipinski definition) is 0. The first kappa shape index (κ1) is 27.0. The Morgan fingerprint density at radius 3 is 0.977 bits per heavy atom. The van der Waals surface area contributed by atoms with E-state index < -0.39 is 0 Å². The van der Waals surface area contributed by atoms with Gasteiger partial charge in [-0.05, 0) is 101 Å². The van der Waals surface area contributed by atoms with Crippen molar-refractivity contribution in [2.24, 2.45) is 0 Å². The van der Waals surface area contributed by atoms with Gasteiger partial charge in [-0.2, -0.15) is 0 Å². The summed E-state index contributed by atoms with van der Waals surface area (Å²) in [5, 5.41) is 0. The summed E-state index contributed by atoms with van der Waals surface area (Å²) in [4.78, 5) is 4.59. The maximum Gasteiger partial charge on any atom is 0.0467 e. The molecular weight excluding hydrogens is 532 g/mol. The Kier molecular flexibility index (Phi) is 7.71. The van der Waals surface area contributed by atoms with Crippen molar-refractivity contribution in [3.8, 4) is 22.3 Å². The molecule has 0 bridgehead atoms. The summed E-state index contributed by atoms with van der Waals surface area (Å²) in [6.07, 6.45) is 0. The lowest BCUT2D eigenvalue weighted by molar-refractivity contribution is 1.28. The molecule has 0 spiro atoms. The first-order valence-electron chi connectivity index (χ1n) is 14.9. The lowest BCUT2D eigenvalue weighted by Crippen LogP contribution is -2.09. The average Bonchev–Trinajstić information content (AvgIpc) is 3.11. The zero-order valence-electron chi connectivity index (χ0n) is 24.4. The minimum absolute atomic E-state index is 1.12. The summed E-state index contributed by atoms with van der Waals surface area (Å²) < 4.78 is 0. The zero-order valence-corrected chi connectivity index (χ0v) is 24.4. The van der Waals surface area contributed by atoms with Gasteiger partial charge in [-0.3, -0.25) is 0 Å². The molecule has 7 rings (SSSR count). The van der Waals surface area contributed by atoms with Crippen LogP contribution in [0.2, 0.25) is 0 Å². The van der Waals surface area contributed by atoms with E-state index in [2.05, 4.69) is 204 Å². The largest absolute Gasteiger partial charge is 0.311 e. The second-order valence-electron chi connectivity index (χ2n) is 10.7. The van der Waals surface area contributed by atoms with Crippen LogP contribution in [-0.4, -0.2) is 0 Å². The van der Waals surface area contributed by atoms with Crippen LogP contribution in [0.25, 0.3) is 22.3 Å². The Balaban J connectivity index is 1.21. The van der Waals surface area contributed by atoms with Crippen molar-refractivity contribution in [2.45, 2.75) is 0 Å². The normalized spacial score (nSPS) is 10.7. The topological polar surface area (TPSA) is 6.48 Å². The Labute approximate surface area is 259 Å². The number of anilines is 6. The zero-order chi connectivity index (χ0) is 29.6. The van der Waals surface area contributed by atoms with Crippen LogP contribution in [0, 0.1) is 0 Å². The number of hydrogen-bond acceptors (Lipinski definition) is 2. The predicted molar refractivity (Wildman–Crippen MR) is 187 cm³/mol.